The van der Waals surface area contributed by atoms with E-state index in [4.69, 9.17) is 11.6 Å². The highest BCUT2D eigenvalue weighted by molar-refractivity contribution is 9.10. The molecule has 0 amide bonds. The van der Waals surface area contributed by atoms with E-state index >= 15 is 0 Å². The summed E-state index contributed by atoms with van der Waals surface area (Å²) in [5.41, 5.74) is 1.73. The Morgan fingerprint density at radius 1 is 1.42 bits per heavy atom. The zero-order valence-electron chi connectivity index (χ0n) is 10.4. The van der Waals surface area contributed by atoms with Crippen molar-refractivity contribution in [3.8, 4) is 0 Å². The number of benzene rings is 1. The maximum atomic E-state index is 13.0. The van der Waals surface area contributed by atoms with Crippen molar-refractivity contribution in [1.82, 2.24) is 9.55 Å². The largest absolute Gasteiger partial charge is 0.348 e. The van der Waals surface area contributed by atoms with Crippen molar-refractivity contribution in [2.75, 3.05) is 0 Å². The Hall–Kier alpha value is -1.20. The van der Waals surface area contributed by atoms with Gasteiger partial charge in [0.05, 0.1) is 16.7 Å². The van der Waals surface area contributed by atoms with Gasteiger partial charge in [0.15, 0.2) is 0 Å². The van der Waals surface area contributed by atoms with Crippen LogP contribution in [0.2, 0.25) is 5.02 Å². The maximum absolute atomic E-state index is 13.0. The van der Waals surface area contributed by atoms with Gasteiger partial charge in [-0.3, -0.25) is 4.57 Å². The molecule has 0 aliphatic carbocycles. The molecule has 19 heavy (non-hydrogen) atoms. The van der Waals surface area contributed by atoms with E-state index in [1.807, 2.05) is 6.92 Å². The first-order valence-corrected chi connectivity index (χ1v) is 6.74. The van der Waals surface area contributed by atoms with E-state index in [-0.39, 0.29) is 12.2 Å². The Kier molecular flexibility index (Phi) is 4.06. The van der Waals surface area contributed by atoms with Gasteiger partial charge in [0, 0.05) is 10.7 Å². The number of aryl methyl sites for hydroxylation is 1. The molecular formula is C13H11BrClFN2O. The highest BCUT2D eigenvalue weighted by Crippen LogP contribution is 2.21. The Balaban J connectivity index is 2.50. The molecule has 2 rings (SSSR count). The van der Waals surface area contributed by atoms with E-state index in [0.29, 0.717) is 16.3 Å². The third-order valence-electron chi connectivity index (χ3n) is 2.88. The molecule has 1 aromatic heterocycles. The van der Waals surface area contributed by atoms with E-state index in [9.17, 15) is 9.18 Å². The monoisotopic (exact) mass is 344 g/mol. The van der Waals surface area contributed by atoms with Gasteiger partial charge in [-0.1, -0.05) is 17.7 Å². The van der Waals surface area contributed by atoms with Gasteiger partial charge in [-0.05, 0) is 47.5 Å². The van der Waals surface area contributed by atoms with Crippen LogP contribution in [-0.4, -0.2) is 9.55 Å². The molecule has 100 valence electrons. The van der Waals surface area contributed by atoms with Gasteiger partial charge in [0.25, 0.3) is 0 Å². The molecule has 3 nitrogen and oxygen atoms in total. The minimum atomic E-state index is -0.402. The zero-order chi connectivity index (χ0) is 14.2. The van der Waals surface area contributed by atoms with Crippen molar-refractivity contribution in [3.63, 3.8) is 0 Å². The fraction of sp³-hybridized carbons (Fsp3) is 0.231. The smallest absolute Gasteiger partial charge is 0.291 e. The Labute approximate surface area is 123 Å². The molecule has 0 unspecified atom stereocenters. The van der Waals surface area contributed by atoms with Crippen molar-refractivity contribution in [3.05, 3.63) is 60.9 Å². The summed E-state index contributed by atoms with van der Waals surface area (Å²) >= 11 is 9.36. The van der Waals surface area contributed by atoms with Gasteiger partial charge < -0.3 is 0 Å². The van der Waals surface area contributed by atoms with Crippen molar-refractivity contribution < 1.29 is 4.39 Å². The summed E-state index contributed by atoms with van der Waals surface area (Å²) in [4.78, 5) is 15.8. The van der Waals surface area contributed by atoms with Gasteiger partial charge in [0.2, 0.25) is 0 Å². The molecule has 6 heteroatoms. The predicted molar refractivity (Wildman–Crippen MR) is 76.2 cm³/mol. The molecule has 2 aromatic rings. The number of aromatic nitrogens is 2. The number of hydrogen-bond acceptors (Lipinski definition) is 2. The number of hydrogen-bond donors (Lipinski definition) is 0. The van der Waals surface area contributed by atoms with Crippen LogP contribution < -0.4 is 5.69 Å². The van der Waals surface area contributed by atoms with Gasteiger partial charge in [-0.2, -0.15) is 4.98 Å². The van der Waals surface area contributed by atoms with Gasteiger partial charge in [0.1, 0.15) is 5.82 Å². The first kappa shape index (κ1) is 14.2. The second-order valence-electron chi connectivity index (χ2n) is 4.20. The maximum Gasteiger partial charge on any atom is 0.348 e. The molecule has 0 saturated heterocycles. The van der Waals surface area contributed by atoms with Gasteiger partial charge in [-0.15, -0.1) is 0 Å². The molecule has 1 heterocycles. The topological polar surface area (TPSA) is 34.9 Å². The lowest BCUT2D eigenvalue weighted by Gasteiger charge is -2.13. The number of rotatable bonds is 2. The van der Waals surface area contributed by atoms with E-state index in [0.717, 1.165) is 10.2 Å². The van der Waals surface area contributed by atoms with Crippen molar-refractivity contribution in [2.45, 2.75) is 20.4 Å². The van der Waals surface area contributed by atoms with Crippen LogP contribution in [-0.2, 0) is 6.54 Å². The zero-order valence-corrected chi connectivity index (χ0v) is 12.7. The summed E-state index contributed by atoms with van der Waals surface area (Å²) in [6.07, 6.45) is 0. The normalized spacial score (nSPS) is 10.8. The van der Waals surface area contributed by atoms with Crippen LogP contribution in [0.5, 0.6) is 0 Å². The second kappa shape index (κ2) is 5.43. The second-order valence-corrected chi connectivity index (χ2v) is 5.40. The molecule has 1 aromatic carbocycles. The molecule has 0 N–H and O–H groups in total. The molecule has 0 radical (unpaired) electrons. The lowest BCUT2D eigenvalue weighted by atomic mass is 10.2. The minimum absolute atomic E-state index is 0.260. The summed E-state index contributed by atoms with van der Waals surface area (Å²) in [5.74, 6) is -0.402. The first-order valence-electron chi connectivity index (χ1n) is 5.57. The van der Waals surface area contributed by atoms with Crippen molar-refractivity contribution in [2.24, 2.45) is 0 Å². The van der Waals surface area contributed by atoms with Crippen LogP contribution >= 0.6 is 27.5 Å². The Morgan fingerprint density at radius 3 is 2.74 bits per heavy atom. The Bertz CT molecular complexity index is 700. The molecule has 0 aliphatic rings. The quantitative estimate of drug-likeness (QED) is 0.835. The van der Waals surface area contributed by atoms with Gasteiger partial charge in [-0.25, -0.2) is 9.18 Å². The average molecular weight is 346 g/mol. The molecule has 0 fully saturated rings. The fourth-order valence-corrected chi connectivity index (χ4v) is 2.31. The van der Waals surface area contributed by atoms with Crippen LogP contribution in [0.4, 0.5) is 4.39 Å². The summed E-state index contributed by atoms with van der Waals surface area (Å²) in [5, 5.41) is 0.294. The van der Waals surface area contributed by atoms with Crippen molar-refractivity contribution >= 4 is 27.5 Å². The SMILES string of the molecule is Cc1nc(=O)n(Cc2ccc(F)cc2Cl)c(C)c1Br. The van der Waals surface area contributed by atoms with Crippen LogP contribution in [0.25, 0.3) is 0 Å². The molecule has 0 aliphatic heterocycles. The van der Waals surface area contributed by atoms with E-state index in [1.54, 1.807) is 13.0 Å². The van der Waals surface area contributed by atoms with E-state index < -0.39 is 5.82 Å². The Morgan fingerprint density at radius 2 is 2.11 bits per heavy atom. The molecule has 0 saturated carbocycles. The van der Waals surface area contributed by atoms with Crippen LogP contribution in [0.15, 0.2) is 27.5 Å². The number of halogens is 3. The third-order valence-corrected chi connectivity index (χ3v) is 4.38. The van der Waals surface area contributed by atoms with E-state index in [2.05, 4.69) is 20.9 Å². The lowest BCUT2D eigenvalue weighted by Crippen LogP contribution is -2.27. The minimum Gasteiger partial charge on any atom is -0.291 e. The summed E-state index contributed by atoms with van der Waals surface area (Å²) in [7, 11) is 0. The standard InChI is InChI=1S/C13H11BrClFN2O/c1-7-12(14)8(2)18(13(19)17-7)6-9-3-4-10(16)5-11(9)15/h3-5H,6H2,1-2H3. The summed E-state index contributed by atoms with van der Waals surface area (Å²) in [6, 6.07) is 4.11. The van der Waals surface area contributed by atoms with Crippen LogP contribution in [0.1, 0.15) is 17.0 Å². The van der Waals surface area contributed by atoms with E-state index in [1.165, 1.54) is 16.7 Å². The summed E-state index contributed by atoms with van der Waals surface area (Å²) < 4.78 is 15.3. The fourth-order valence-electron chi connectivity index (χ4n) is 1.78. The van der Waals surface area contributed by atoms with Crippen LogP contribution in [0.3, 0.4) is 0 Å². The predicted octanol–water partition coefficient (Wildman–Crippen LogP) is 3.46. The van der Waals surface area contributed by atoms with Crippen LogP contribution in [0, 0.1) is 19.7 Å². The molecule has 0 spiro atoms. The van der Waals surface area contributed by atoms with Crippen molar-refractivity contribution in [1.29, 1.82) is 0 Å². The first-order chi connectivity index (χ1) is 8.90. The molecule has 0 atom stereocenters. The highest BCUT2D eigenvalue weighted by Gasteiger charge is 2.11. The highest BCUT2D eigenvalue weighted by atomic mass is 79.9. The molecule has 0 bridgehead atoms. The summed E-state index contributed by atoms with van der Waals surface area (Å²) in [6.45, 7) is 3.83. The average Bonchev–Trinajstić information content (AvgIpc) is 2.34. The number of nitrogens with zero attached hydrogens (tertiary/aromatic N) is 2. The molecular weight excluding hydrogens is 335 g/mol. The third kappa shape index (κ3) is 2.87. The van der Waals surface area contributed by atoms with Gasteiger partial charge >= 0.3 is 5.69 Å². The lowest BCUT2D eigenvalue weighted by molar-refractivity contribution is 0.625.